The van der Waals surface area contributed by atoms with Crippen LogP contribution >= 0.6 is 11.8 Å². The van der Waals surface area contributed by atoms with Crippen LogP contribution in [0.2, 0.25) is 0 Å². The zero-order chi connectivity index (χ0) is 17.5. The van der Waals surface area contributed by atoms with Crippen LogP contribution in [0.15, 0.2) is 42.1 Å². The Kier molecular flexibility index (Phi) is 6.07. The lowest BCUT2D eigenvalue weighted by Gasteiger charge is -2.06. The van der Waals surface area contributed by atoms with Gasteiger partial charge >= 0.3 is 0 Å². The maximum Gasteiger partial charge on any atom is 0.292 e. The van der Waals surface area contributed by atoms with E-state index in [2.05, 4.69) is 22.1 Å². The molecule has 8 nitrogen and oxygen atoms in total. The van der Waals surface area contributed by atoms with E-state index in [9.17, 15) is 14.9 Å². The molecule has 0 atom stereocenters. The van der Waals surface area contributed by atoms with Crippen LogP contribution in [0.1, 0.15) is 12.2 Å². The highest BCUT2D eigenvalue weighted by atomic mass is 32.2. The predicted octanol–water partition coefficient (Wildman–Crippen LogP) is 2.80. The molecule has 0 aliphatic rings. The molecule has 24 heavy (non-hydrogen) atoms. The second-order valence-corrected chi connectivity index (χ2v) is 5.91. The first kappa shape index (κ1) is 17.7. The number of nitrogens with one attached hydrogen (secondary N) is 1. The molecular formula is C15H17N5O3S. The maximum atomic E-state index is 12.0. The summed E-state index contributed by atoms with van der Waals surface area (Å²) in [5, 5.41) is 22.3. The van der Waals surface area contributed by atoms with E-state index >= 15 is 0 Å². The third kappa shape index (κ3) is 4.42. The van der Waals surface area contributed by atoms with E-state index < -0.39 is 4.92 Å². The lowest BCUT2D eigenvalue weighted by molar-refractivity contribution is -0.383. The molecule has 0 fully saturated rings. The van der Waals surface area contributed by atoms with E-state index in [0.717, 1.165) is 5.82 Å². The zero-order valence-electron chi connectivity index (χ0n) is 13.1. The minimum Gasteiger partial charge on any atom is -0.320 e. The maximum absolute atomic E-state index is 12.0. The lowest BCUT2D eigenvalue weighted by Crippen LogP contribution is -2.13. The number of carbonyl (C=O) groups excluding carboxylic acids is 1. The van der Waals surface area contributed by atoms with Crippen LogP contribution in [0.4, 0.5) is 11.4 Å². The summed E-state index contributed by atoms with van der Waals surface area (Å²) in [4.78, 5) is 22.4. The van der Waals surface area contributed by atoms with Crippen molar-refractivity contribution in [1.82, 2.24) is 14.8 Å². The molecule has 0 spiro atoms. The number of aryl methyl sites for hydroxylation is 1. The van der Waals surface area contributed by atoms with E-state index in [1.54, 1.807) is 18.2 Å². The molecule has 0 aliphatic heterocycles. The van der Waals surface area contributed by atoms with Crippen molar-refractivity contribution < 1.29 is 9.72 Å². The van der Waals surface area contributed by atoms with Gasteiger partial charge in [0.15, 0.2) is 5.16 Å². The average molecular weight is 347 g/mol. The monoisotopic (exact) mass is 347 g/mol. The van der Waals surface area contributed by atoms with Gasteiger partial charge < -0.3 is 9.88 Å². The average Bonchev–Trinajstić information content (AvgIpc) is 2.89. The van der Waals surface area contributed by atoms with Gasteiger partial charge in [0, 0.05) is 24.8 Å². The van der Waals surface area contributed by atoms with Crippen LogP contribution < -0.4 is 5.32 Å². The van der Waals surface area contributed by atoms with Crippen LogP contribution in [0, 0.1) is 17.0 Å². The number of hydrogen-bond donors (Lipinski definition) is 1. The van der Waals surface area contributed by atoms with Gasteiger partial charge in [-0.3, -0.25) is 14.9 Å². The van der Waals surface area contributed by atoms with E-state index in [4.69, 9.17) is 0 Å². The number of hydrogen-bond acceptors (Lipinski definition) is 6. The summed E-state index contributed by atoms with van der Waals surface area (Å²) in [5.74, 6) is 0.979. The number of carbonyl (C=O) groups is 1. The molecule has 0 unspecified atom stereocenters. The van der Waals surface area contributed by atoms with Crippen molar-refractivity contribution >= 4 is 29.0 Å². The molecule has 1 heterocycles. The van der Waals surface area contributed by atoms with Gasteiger partial charge in [-0.2, -0.15) is 0 Å². The molecule has 1 amide bonds. The number of rotatable bonds is 8. The number of thioether (sulfide) groups is 1. The number of aromatic nitrogens is 3. The molecule has 0 saturated heterocycles. The van der Waals surface area contributed by atoms with Crippen molar-refractivity contribution in [2.75, 3.05) is 11.1 Å². The minimum atomic E-state index is -0.523. The number of benzene rings is 1. The first-order valence-electron chi connectivity index (χ1n) is 7.19. The zero-order valence-corrected chi connectivity index (χ0v) is 14.0. The Morgan fingerprint density at radius 2 is 2.21 bits per heavy atom. The van der Waals surface area contributed by atoms with Gasteiger partial charge in [0.25, 0.3) is 5.69 Å². The Morgan fingerprint density at radius 1 is 1.46 bits per heavy atom. The summed E-state index contributed by atoms with van der Waals surface area (Å²) < 4.78 is 1.90. The standard InChI is InChI=1S/C15H17N5O3S/c1-3-9-19-11(2)17-18-15(19)24-10-8-14(21)16-12-6-4-5-7-13(12)20(22)23/h3-7H,1,8-10H2,2H3,(H,16,21). The van der Waals surface area contributed by atoms with Gasteiger partial charge in [0.2, 0.25) is 5.91 Å². The summed E-state index contributed by atoms with van der Waals surface area (Å²) in [6.45, 7) is 6.14. The summed E-state index contributed by atoms with van der Waals surface area (Å²) in [7, 11) is 0. The highest BCUT2D eigenvalue weighted by Gasteiger charge is 2.15. The highest BCUT2D eigenvalue weighted by molar-refractivity contribution is 7.99. The topological polar surface area (TPSA) is 103 Å². The van der Waals surface area contributed by atoms with Crippen LogP contribution in [-0.4, -0.2) is 31.3 Å². The van der Waals surface area contributed by atoms with Crippen molar-refractivity contribution in [3.8, 4) is 0 Å². The van der Waals surface area contributed by atoms with Gasteiger partial charge in [-0.25, -0.2) is 0 Å². The number of nitrogens with zero attached hydrogens (tertiary/aromatic N) is 4. The number of allylic oxidation sites excluding steroid dienone is 1. The molecule has 0 bridgehead atoms. The number of anilines is 1. The predicted molar refractivity (Wildman–Crippen MR) is 92.0 cm³/mol. The van der Waals surface area contributed by atoms with Crippen molar-refractivity contribution in [3.63, 3.8) is 0 Å². The fraction of sp³-hybridized carbons (Fsp3) is 0.267. The Morgan fingerprint density at radius 3 is 2.92 bits per heavy atom. The third-order valence-corrected chi connectivity index (χ3v) is 4.12. The second kappa shape index (κ2) is 8.25. The number of amides is 1. The summed E-state index contributed by atoms with van der Waals surface area (Å²) in [5.41, 5.74) is 0.0722. The van der Waals surface area contributed by atoms with Crippen molar-refractivity contribution in [3.05, 3.63) is 52.9 Å². The fourth-order valence-electron chi connectivity index (χ4n) is 1.99. The Labute approximate surface area is 143 Å². The van der Waals surface area contributed by atoms with E-state index in [1.807, 2.05) is 11.5 Å². The molecule has 2 rings (SSSR count). The number of nitro benzene ring substituents is 1. The molecule has 9 heteroatoms. The molecule has 0 aliphatic carbocycles. The second-order valence-electron chi connectivity index (χ2n) is 4.85. The first-order valence-corrected chi connectivity index (χ1v) is 8.18. The van der Waals surface area contributed by atoms with Gasteiger partial charge in [-0.15, -0.1) is 16.8 Å². The molecular weight excluding hydrogens is 330 g/mol. The SMILES string of the molecule is C=CCn1c(C)nnc1SCCC(=O)Nc1ccccc1[N+](=O)[O-]. The van der Waals surface area contributed by atoms with Gasteiger partial charge in [0.05, 0.1) is 4.92 Å². The van der Waals surface area contributed by atoms with E-state index in [-0.39, 0.29) is 23.7 Å². The number of para-hydroxylation sites is 2. The smallest absolute Gasteiger partial charge is 0.292 e. The quantitative estimate of drug-likeness (QED) is 0.341. The third-order valence-electron chi connectivity index (χ3n) is 3.15. The van der Waals surface area contributed by atoms with Gasteiger partial charge in [-0.05, 0) is 13.0 Å². The minimum absolute atomic E-state index is 0.125. The molecule has 0 radical (unpaired) electrons. The Bertz CT molecular complexity index is 759. The first-order chi connectivity index (χ1) is 11.5. The van der Waals surface area contributed by atoms with Gasteiger partial charge in [-0.1, -0.05) is 30.0 Å². The summed E-state index contributed by atoms with van der Waals surface area (Å²) >= 11 is 1.40. The van der Waals surface area contributed by atoms with Crippen molar-refractivity contribution in [2.45, 2.75) is 25.0 Å². The van der Waals surface area contributed by atoms with Crippen LogP contribution in [0.3, 0.4) is 0 Å². The van der Waals surface area contributed by atoms with Crippen LogP contribution in [-0.2, 0) is 11.3 Å². The molecule has 0 saturated carbocycles. The lowest BCUT2D eigenvalue weighted by atomic mass is 10.2. The Balaban J connectivity index is 1.91. The molecule has 1 aromatic heterocycles. The molecule has 126 valence electrons. The largest absolute Gasteiger partial charge is 0.320 e. The number of nitro groups is 1. The molecule has 1 N–H and O–H groups in total. The summed E-state index contributed by atoms with van der Waals surface area (Å²) in [6.07, 6.45) is 1.96. The van der Waals surface area contributed by atoms with Crippen molar-refractivity contribution in [2.24, 2.45) is 0 Å². The molecule has 2 aromatic rings. The summed E-state index contributed by atoms with van der Waals surface area (Å²) in [6, 6.07) is 6.05. The van der Waals surface area contributed by atoms with Gasteiger partial charge in [0.1, 0.15) is 11.5 Å². The Hall–Kier alpha value is -2.68. The molecule has 1 aromatic carbocycles. The van der Waals surface area contributed by atoms with E-state index in [0.29, 0.717) is 17.5 Å². The van der Waals surface area contributed by atoms with Crippen LogP contribution in [0.5, 0.6) is 0 Å². The van der Waals surface area contributed by atoms with Crippen LogP contribution in [0.25, 0.3) is 0 Å². The van der Waals surface area contributed by atoms with E-state index in [1.165, 1.54) is 23.9 Å². The van der Waals surface area contributed by atoms with Crippen molar-refractivity contribution in [1.29, 1.82) is 0 Å². The highest BCUT2D eigenvalue weighted by Crippen LogP contribution is 2.24. The normalized spacial score (nSPS) is 10.4. The fourth-order valence-corrected chi connectivity index (χ4v) is 2.92.